The number of nitrogens with one attached hydrogen (secondary N) is 1. The summed E-state index contributed by atoms with van der Waals surface area (Å²) in [4.78, 5) is 1.56. The second-order valence-electron chi connectivity index (χ2n) is 4.32. The van der Waals surface area contributed by atoms with Gasteiger partial charge in [-0.05, 0) is 42.4 Å². The smallest absolute Gasteiger partial charge is 0.179 e. The molecular weight excluding hydrogens is 230 g/mol. The minimum atomic E-state index is 0.386. The summed E-state index contributed by atoms with van der Waals surface area (Å²) in [6, 6.07) is 7.60. The van der Waals surface area contributed by atoms with Gasteiger partial charge in [-0.3, -0.25) is 0 Å². The highest BCUT2D eigenvalue weighted by molar-refractivity contribution is 5.35. The van der Waals surface area contributed by atoms with Crippen LogP contribution in [0.2, 0.25) is 0 Å². The zero-order valence-electron chi connectivity index (χ0n) is 10.2. The number of hydrogen-bond donors (Lipinski definition) is 1. The van der Waals surface area contributed by atoms with Gasteiger partial charge in [-0.1, -0.05) is 0 Å². The van der Waals surface area contributed by atoms with Crippen LogP contribution in [0, 0.1) is 0 Å². The molecule has 6 nitrogen and oxygen atoms in total. The highest BCUT2D eigenvalue weighted by Gasteiger charge is 2.21. The number of nitrogens with zero attached hydrogens (tertiary/aromatic N) is 4. The summed E-state index contributed by atoms with van der Waals surface area (Å²) in [6.07, 6.45) is 1.08. The first-order chi connectivity index (χ1) is 8.86. The summed E-state index contributed by atoms with van der Waals surface area (Å²) in [5.41, 5.74) is 0.889. The highest BCUT2D eigenvalue weighted by Crippen LogP contribution is 2.19. The molecule has 0 saturated carbocycles. The van der Waals surface area contributed by atoms with Gasteiger partial charge in [0.1, 0.15) is 5.75 Å². The molecule has 1 saturated heterocycles. The van der Waals surface area contributed by atoms with E-state index in [2.05, 4.69) is 20.7 Å². The fourth-order valence-corrected chi connectivity index (χ4v) is 2.09. The summed E-state index contributed by atoms with van der Waals surface area (Å²) in [5.74, 6) is 2.02. The van der Waals surface area contributed by atoms with E-state index in [-0.39, 0.29) is 0 Å². The third-order valence-electron chi connectivity index (χ3n) is 3.16. The number of benzene rings is 1. The van der Waals surface area contributed by atoms with E-state index in [4.69, 9.17) is 4.74 Å². The maximum Gasteiger partial charge on any atom is 0.179 e. The van der Waals surface area contributed by atoms with Crippen LogP contribution < -0.4 is 10.1 Å². The van der Waals surface area contributed by atoms with Crippen molar-refractivity contribution in [2.24, 2.45) is 0 Å². The Hall–Kier alpha value is -1.95. The molecule has 0 aliphatic carbocycles. The van der Waals surface area contributed by atoms with E-state index in [0.717, 1.165) is 36.8 Å². The van der Waals surface area contributed by atoms with Crippen LogP contribution in [-0.2, 0) is 0 Å². The fourth-order valence-electron chi connectivity index (χ4n) is 2.09. The van der Waals surface area contributed by atoms with Crippen LogP contribution >= 0.6 is 0 Å². The third kappa shape index (κ3) is 2.06. The zero-order chi connectivity index (χ0) is 12.4. The molecule has 1 fully saturated rings. The summed E-state index contributed by atoms with van der Waals surface area (Å²) >= 11 is 0. The lowest BCUT2D eigenvalue weighted by Gasteiger charge is -2.02. The Balaban J connectivity index is 1.82. The monoisotopic (exact) mass is 245 g/mol. The average Bonchev–Trinajstić information content (AvgIpc) is 3.09. The van der Waals surface area contributed by atoms with Crippen LogP contribution in [0.4, 0.5) is 0 Å². The van der Waals surface area contributed by atoms with Crippen molar-refractivity contribution in [1.82, 2.24) is 25.5 Å². The van der Waals surface area contributed by atoms with Crippen molar-refractivity contribution in [3.8, 4) is 11.4 Å². The molecule has 1 aliphatic rings. The van der Waals surface area contributed by atoms with Crippen LogP contribution in [0.3, 0.4) is 0 Å². The first kappa shape index (κ1) is 11.2. The van der Waals surface area contributed by atoms with Gasteiger partial charge in [-0.25, -0.2) is 0 Å². The Labute approximate surface area is 105 Å². The van der Waals surface area contributed by atoms with Gasteiger partial charge in [0.15, 0.2) is 5.82 Å². The molecule has 18 heavy (non-hydrogen) atoms. The Morgan fingerprint density at radius 2 is 2.17 bits per heavy atom. The fraction of sp³-hybridized carbons (Fsp3) is 0.417. The lowest BCUT2D eigenvalue weighted by atomic mass is 10.1. The molecule has 2 heterocycles. The van der Waals surface area contributed by atoms with Crippen LogP contribution in [0.1, 0.15) is 18.2 Å². The van der Waals surface area contributed by atoms with Gasteiger partial charge in [-0.15, -0.1) is 15.0 Å². The molecule has 3 rings (SSSR count). The molecule has 0 amide bonds. The van der Waals surface area contributed by atoms with Gasteiger partial charge in [-0.2, -0.15) is 0 Å². The Morgan fingerprint density at radius 1 is 1.33 bits per heavy atom. The van der Waals surface area contributed by atoms with Crippen LogP contribution in [0.25, 0.3) is 5.69 Å². The van der Waals surface area contributed by atoms with Gasteiger partial charge < -0.3 is 10.1 Å². The lowest BCUT2D eigenvalue weighted by molar-refractivity contribution is 0.414. The second-order valence-corrected chi connectivity index (χ2v) is 4.32. The summed E-state index contributed by atoms with van der Waals surface area (Å²) in [6.45, 7) is 1.97. The predicted molar refractivity (Wildman–Crippen MR) is 65.9 cm³/mol. The Bertz CT molecular complexity index is 516. The quantitative estimate of drug-likeness (QED) is 0.864. The molecule has 2 aromatic rings. The average molecular weight is 245 g/mol. The van der Waals surface area contributed by atoms with Crippen LogP contribution in [-0.4, -0.2) is 40.4 Å². The molecule has 6 heteroatoms. The SMILES string of the molecule is COc1ccc(-n2nnc(C3CCNC3)n2)cc1. The molecule has 1 aliphatic heterocycles. The number of ether oxygens (including phenoxy) is 1. The van der Waals surface area contributed by atoms with Crippen molar-refractivity contribution in [1.29, 1.82) is 0 Å². The minimum Gasteiger partial charge on any atom is -0.497 e. The van der Waals surface area contributed by atoms with Gasteiger partial charge in [0.05, 0.1) is 12.8 Å². The predicted octanol–water partition coefficient (Wildman–Crippen LogP) is 0.748. The molecule has 1 N–H and O–H groups in total. The number of rotatable bonds is 3. The van der Waals surface area contributed by atoms with Crippen molar-refractivity contribution in [2.45, 2.75) is 12.3 Å². The number of tetrazole rings is 1. The standard InChI is InChI=1S/C12H15N5O/c1-18-11-4-2-10(3-5-11)17-15-12(14-16-17)9-6-7-13-8-9/h2-5,9,13H,6-8H2,1H3. The van der Waals surface area contributed by atoms with E-state index in [9.17, 15) is 0 Å². The van der Waals surface area contributed by atoms with Crippen LogP contribution in [0.5, 0.6) is 5.75 Å². The van der Waals surface area contributed by atoms with Crippen LogP contribution in [0.15, 0.2) is 24.3 Å². The Kier molecular flexibility index (Phi) is 2.93. The molecule has 0 radical (unpaired) electrons. The van der Waals surface area contributed by atoms with Crippen molar-refractivity contribution in [2.75, 3.05) is 20.2 Å². The van der Waals surface area contributed by atoms with Gasteiger partial charge in [0, 0.05) is 12.5 Å². The van der Waals surface area contributed by atoms with Gasteiger partial charge in [0.25, 0.3) is 0 Å². The maximum atomic E-state index is 5.12. The second kappa shape index (κ2) is 4.73. The maximum absolute atomic E-state index is 5.12. The summed E-state index contributed by atoms with van der Waals surface area (Å²) < 4.78 is 5.12. The number of aromatic nitrogens is 4. The molecule has 1 unspecified atom stereocenters. The van der Waals surface area contributed by atoms with Crippen molar-refractivity contribution in [3.05, 3.63) is 30.1 Å². The molecule has 94 valence electrons. The van der Waals surface area contributed by atoms with E-state index in [1.165, 1.54) is 0 Å². The summed E-state index contributed by atoms with van der Waals surface area (Å²) in [7, 11) is 1.65. The largest absolute Gasteiger partial charge is 0.497 e. The van der Waals surface area contributed by atoms with Crippen molar-refractivity contribution in [3.63, 3.8) is 0 Å². The van der Waals surface area contributed by atoms with E-state index in [0.29, 0.717) is 5.92 Å². The third-order valence-corrected chi connectivity index (χ3v) is 3.16. The zero-order valence-corrected chi connectivity index (χ0v) is 10.2. The molecule has 1 atom stereocenters. The summed E-state index contributed by atoms with van der Waals surface area (Å²) in [5, 5.41) is 16.0. The van der Waals surface area contributed by atoms with E-state index in [1.54, 1.807) is 11.9 Å². The Morgan fingerprint density at radius 3 is 2.83 bits per heavy atom. The minimum absolute atomic E-state index is 0.386. The van der Waals surface area contributed by atoms with E-state index < -0.39 is 0 Å². The number of methoxy groups -OCH3 is 1. The van der Waals surface area contributed by atoms with Gasteiger partial charge >= 0.3 is 0 Å². The molecule has 0 bridgehead atoms. The van der Waals surface area contributed by atoms with E-state index in [1.807, 2.05) is 24.3 Å². The number of hydrogen-bond acceptors (Lipinski definition) is 5. The van der Waals surface area contributed by atoms with E-state index >= 15 is 0 Å². The first-order valence-electron chi connectivity index (χ1n) is 6.02. The normalized spacial score (nSPS) is 19.1. The highest BCUT2D eigenvalue weighted by atomic mass is 16.5. The molecule has 1 aromatic carbocycles. The van der Waals surface area contributed by atoms with Crippen molar-refractivity contribution >= 4 is 0 Å². The molecule has 0 spiro atoms. The molecule has 1 aromatic heterocycles. The topological polar surface area (TPSA) is 64.9 Å². The first-order valence-corrected chi connectivity index (χ1v) is 6.02. The van der Waals surface area contributed by atoms with Crippen molar-refractivity contribution < 1.29 is 4.74 Å². The lowest BCUT2D eigenvalue weighted by Crippen LogP contribution is -2.09. The van der Waals surface area contributed by atoms with Gasteiger partial charge in [0.2, 0.25) is 0 Å². The molecular formula is C12H15N5O.